The average Bonchev–Trinajstić information content (AvgIpc) is 3.16. The van der Waals surface area contributed by atoms with Crippen molar-refractivity contribution in [2.75, 3.05) is 11.6 Å². The topological polar surface area (TPSA) is 72.2 Å². The molecule has 1 aromatic carbocycles. The first kappa shape index (κ1) is 15.6. The Morgan fingerprint density at radius 1 is 1.30 bits per heavy atom. The van der Waals surface area contributed by atoms with Crippen LogP contribution in [0.25, 0.3) is 10.8 Å². The van der Waals surface area contributed by atoms with E-state index in [1.807, 2.05) is 6.92 Å². The van der Waals surface area contributed by atoms with E-state index in [4.69, 9.17) is 4.42 Å². The molecule has 3 rings (SSSR count). The summed E-state index contributed by atoms with van der Waals surface area (Å²) in [4.78, 5) is 18.3. The summed E-state index contributed by atoms with van der Waals surface area (Å²) in [6.45, 7) is 1.84. The first-order valence-electron chi connectivity index (χ1n) is 6.81. The fraction of sp³-hybridized carbons (Fsp3) is 0.125. The molecule has 118 valence electrons. The van der Waals surface area contributed by atoms with Gasteiger partial charge in [0.1, 0.15) is 5.69 Å². The van der Waals surface area contributed by atoms with Crippen LogP contribution in [0.2, 0.25) is 0 Å². The number of aromatic nitrogens is 1. The van der Waals surface area contributed by atoms with Crippen molar-refractivity contribution < 1.29 is 13.4 Å². The quantitative estimate of drug-likeness (QED) is 0.782. The standard InChI is InChI=1S/C16H14N2O3S2/c1-10-14(18-16(22-10)13-7-4-8-21-13)15(19)17-11-5-3-6-12(9-11)23(2)20/h3-9H,1-2H3,(H,17,19)/t23-/m1/s1. The number of benzene rings is 1. The normalized spacial score (nSPS) is 12.1. The zero-order chi connectivity index (χ0) is 16.4. The Kier molecular flexibility index (Phi) is 4.40. The number of nitrogens with one attached hydrogen (secondary N) is 1. The van der Waals surface area contributed by atoms with Gasteiger partial charge >= 0.3 is 0 Å². The predicted octanol–water partition coefficient (Wildman–Crippen LogP) is 3.70. The fourth-order valence-electron chi connectivity index (χ4n) is 2.06. The molecule has 0 aliphatic heterocycles. The third kappa shape index (κ3) is 3.40. The molecule has 0 radical (unpaired) electrons. The van der Waals surface area contributed by atoms with Crippen LogP contribution in [-0.2, 0) is 10.8 Å². The van der Waals surface area contributed by atoms with E-state index in [0.29, 0.717) is 27.0 Å². The molecule has 0 unspecified atom stereocenters. The summed E-state index contributed by atoms with van der Waals surface area (Å²) in [6.07, 6.45) is 3.17. The molecule has 0 fully saturated rings. The average molecular weight is 346 g/mol. The van der Waals surface area contributed by atoms with E-state index in [0.717, 1.165) is 4.88 Å². The van der Waals surface area contributed by atoms with Crippen LogP contribution in [0.4, 0.5) is 5.69 Å². The smallest absolute Gasteiger partial charge is 0.275 e. The molecule has 3 aromatic rings. The van der Waals surface area contributed by atoms with Crippen LogP contribution < -0.4 is 5.32 Å². The number of carbonyl (C=O) groups is 1. The van der Waals surface area contributed by atoms with Gasteiger partial charge in [-0.15, -0.1) is 11.3 Å². The van der Waals surface area contributed by atoms with Crippen LogP contribution in [0.3, 0.4) is 0 Å². The van der Waals surface area contributed by atoms with E-state index in [1.54, 1.807) is 48.9 Å². The first-order valence-corrected chi connectivity index (χ1v) is 9.18. The third-order valence-corrected chi connectivity index (χ3v) is 5.07. The highest BCUT2D eigenvalue weighted by Crippen LogP contribution is 2.28. The Morgan fingerprint density at radius 2 is 2.13 bits per heavy atom. The molecular weight excluding hydrogens is 332 g/mol. The monoisotopic (exact) mass is 346 g/mol. The number of carbonyl (C=O) groups excluding carboxylic acids is 1. The van der Waals surface area contributed by atoms with Gasteiger partial charge in [0.05, 0.1) is 6.26 Å². The Bertz CT molecular complexity index is 869. The minimum Gasteiger partial charge on any atom is -0.462 e. The van der Waals surface area contributed by atoms with E-state index in [2.05, 4.69) is 10.3 Å². The van der Waals surface area contributed by atoms with Crippen molar-refractivity contribution in [1.82, 2.24) is 4.98 Å². The number of nitrogens with zero attached hydrogens (tertiary/aromatic N) is 1. The molecule has 2 aromatic heterocycles. The summed E-state index contributed by atoms with van der Waals surface area (Å²) < 4.78 is 16.8. The van der Waals surface area contributed by atoms with Gasteiger partial charge in [-0.1, -0.05) is 6.07 Å². The summed E-state index contributed by atoms with van der Waals surface area (Å²) in [5, 5.41) is 3.46. The Labute approximate surface area is 139 Å². The number of furan rings is 1. The maximum atomic E-state index is 12.4. The molecule has 0 bridgehead atoms. The van der Waals surface area contributed by atoms with Gasteiger partial charge < -0.3 is 9.73 Å². The second-order valence-corrected chi connectivity index (χ2v) is 7.42. The summed E-state index contributed by atoms with van der Waals surface area (Å²) in [7, 11) is -1.10. The number of thiazole rings is 1. The number of hydrogen-bond donors (Lipinski definition) is 1. The molecule has 23 heavy (non-hydrogen) atoms. The van der Waals surface area contributed by atoms with E-state index < -0.39 is 10.8 Å². The van der Waals surface area contributed by atoms with Crippen LogP contribution in [0.5, 0.6) is 0 Å². The second kappa shape index (κ2) is 6.47. The van der Waals surface area contributed by atoms with Crippen molar-refractivity contribution in [2.45, 2.75) is 11.8 Å². The van der Waals surface area contributed by atoms with Crippen molar-refractivity contribution in [3.05, 3.63) is 53.2 Å². The van der Waals surface area contributed by atoms with Crippen molar-refractivity contribution in [1.29, 1.82) is 0 Å². The number of hydrogen-bond acceptors (Lipinski definition) is 5. The van der Waals surface area contributed by atoms with Crippen LogP contribution in [0.15, 0.2) is 52.0 Å². The maximum Gasteiger partial charge on any atom is 0.275 e. The lowest BCUT2D eigenvalue weighted by molar-refractivity contribution is 0.102. The number of anilines is 1. The molecule has 0 aliphatic carbocycles. The summed E-state index contributed by atoms with van der Waals surface area (Å²) >= 11 is 1.40. The third-order valence-electron chi connectivity index (χ3n) is 3.17. The lowest BCUT2D eigenvalue weighted by atomic mass is 10.3. The molecule has 0 saturated heterocycles. The van der Waals surface area contributed by atoms with Crippen molar-refractivity contribution in [3.63, 3.8) is 0 Å². The first-order chi connectivity index (χ1) is 11.0. The van der Waals surface area contributed by atoms with Crippen LogP contribution >= 0.6 is 11.3 Å². The highest BCUT2D eigenvalue weighted by molar-refractivity contribution is 7.84. The van der Waals surface area contributed by atoms with Gasteiger partial charge in [-0.05, 0) is 37.3 Å². The fourth-order valence-corrected chi connectivity index (χ4v) is 3.50. The van der Waals surface area contributed by atoms with E-state index in [1.165, 1.54) is 11.3 Å². The van der Waals surface area contributed by atoms with E-state index in [-0.39, 0.29) is 5.91 Å². The molecule has 1 amide bonds. The van der Waals surface area contributed by atoms with Gasteiger partial charge in [-0.2, -0.15) is 0 Å². The molecule has 2 heterocycles. The Hall–Kier alpha value is -2.25. The molecule has 1 atom stereocenters. The second-order valence-electron chi connectivity index (χ2n) is 4.84. The van der Waals surface area contributed by atoms with Gasteiger partial charge in [0.25, 0.3) is 5.91 Å². The highest BCUT2D eigenvalue weighted by Gasteiger charge is 2.17. The van der Waals surface area contributed by atoms with Crippen molar-refractivity contribution in [2.24, 2.45) is 0 Å². The van der Waals surface area contributed by atoms with Gasteiger partial charge in [0, 0.05) is 32.5 Å². The minimum absolute atomic E-state index is 0.296. The number of amides is 1. The zero-order valence-corrected chi connectivity index (χ0v) is 14.2. The summed E-state index contributed by atoms with van der Waals surface area (Å²) in [5.74, 6) is 0.344. The van der Waals surface area contributed by atoms with E-state index >= 15 is 0 Å². The maximum absolute atomic E-state index is 12.4. The molecule has 0 spiro atoms. The number of rotatable bonds is 4. The SMILES string of the molecule is Cc1sc(-c2ccco2)nc1C(=O)Nc1cccc([S@@](C)=O)c1. The minimum atomic E-state index is -1.10. The van der Waals surface area contributed by atoms with Gasteiger partial charge in [0.2, 0.25) is 0 Å². The molecular formula is C16H14N2O3S2. The Morgan fingerprint density at radius 3 is 2.83 bits per heavy atom. The largest absolute Gasteiger partial charge is 0.462 e. The Balaban J connectivity index is 1.84. The zero-order valence-electron chi connectivity index (χ0n) is 12.5. The van der Waals surface area contributed by atoms with Crippen LogP contribution in [-0.4, -0.2) is 21.4 Å². The molecule has 1 N–H and O–H groups in total. The predicted molar refractivity (Wildman–Crippen MR) is 91.3 cm³/mol. The van der Waals surface area contributed by atoms with Crippen molar-refractivity contribution >= 4 is 33.7 Å². The van der Waals surface area contributed by atoms with Gasteiger partial charge in [0.15, 0.2) is 10.8 Å². The molecule has 5 nitrogen and oxygen atoms in total. The highest BCUT2D eigenvalue weighted by atomic mass is 32.2. The lowest BCUT2D eigenvalue weighted by Gasteiger charge is -2.05. The molecule has 0 saturated carbocycles. The van der Waals surface area contributed by atoms with Crippen LogP contribution in [0.1, 0.15) is 15.4 Å². The molecule has 7 heteroatoms. The van der Waals surface area contributed by atoms with Crippen LogP contribution in [0, 0.1) is 6.92 Å². The summed E-state index contributed by atoms with van der Waals surface area (Å²) in [6, 6.07) is 10.6. The van der Waals surface area contributed by atoms with E-state index in [9.17, 15) is 9.00 Å². The van der Waals surface area contributed by atoms with Gasteiger partial charge in [-0.25, -0.2) is 4.98 Å². The number of aryl methyl sites for hydroxylation is 1. The van der Waals surface area contributed by atoms with Crippen molar-refractivity contribution in [3.8, 4) is 10.8 Å². The summed E-state index contributed by atoms with van der Waals surface area (Å²) in [5.41, 5.74) is 0.957. The lowest BCUT2D eigenvalue weighted by Crippen LogP contribution is -2.13. The van der Waals surface area contributed by atoms with Gasteiger partial charge in [-0.3, -0.25) is 9.00 Å². The molecule has 0 aliphatic rings.